The van der Waals surface area contributed by atoms with Crippen molar-refractivity contribution < 1.29 is 9.59 Å². The summed E-state index contributed by atoms with van der Waals surface area (Å²) < 4.78 is 1.76. The van der Waals surface area contributed by atoms with E-state index in [9.17, 15) is 9.59 Å². The largest absolute Gasteiger partial charge is 0.324 e. The van der Waals surface area contributed by atoms with E-state index in [1.165, 1.54) is 0 Å². The van der Waals surface area contributed by atoms with E-state index < -0.39 is 0 Å². The molecule has 1 aromatic heterocycles. The van der Waals surface area contributed by atoms with Crippen molar-refractivity contribution >= 4 is 23.3 Å². The molecule has 190 valence electrons. The Bertz CT molecular complexity index is 1200. The fourth-order valence-corrected chi connectivity index (χ4v) is 4.79. The Morgan fingerprint density at radius 1 is 1.00 bits per heavy atom. The van der Waals surface area contributed by atoms with E-state index in [2.05, 4.69) is 36.7 Å². The summed E-state index contributed by atoms with van der Waals surface area (Å²) >= 11 is 0. The first-order valence-electron chi connectivity index (χ1n) is 12.7. The number of hydrogen-bond donors (Lipinski definition) is 3. The van der Waals surface area contributed by atoms with Gasteiger partial charge in [0.2, 0.25) is 0 Å². The predicted octanol–water partition coefficient (Wildman–Crippen LogP) is 5.79. The van der Waals surface area contributed by atoms with Gasteiger partial charge >= 0.3 is 6.03 Å². The summed E-state index contributed by atoms with van der Waals surface area (Å²) in [5.41, 5.74) is 4.43. The molecule has 7 heteroatoms. The van der Waals surface area contributed by atoms with Crippen molar-refractivity contribution in [1.29, 1.82) is 0 Å². The number of carbonyl (C=O) groups is 2. The summed E-state index contributed by atoms with van der Waals surface area (Å²) in [6, 6.07) is 17.2. The number of hydrogen-bond acceptors (Lipinski definition) is 4. The summed E-state index contributed by atoms with van der Waals surface area (Å²) in [6.45, 7) is 11.9. The van der Waals surface area contributed by atoms with E-state index in [-0.39, 0.29) is 23.1 Å². The molecule has 1 fully saturated rings. The van der Waals surface area contributed by atoms with Gasteiger partial charge in [-0.3, -0.25) is 10.1 Å². The summed E-state index contributed by atoms with van der Waals surface area (Å²) in [6.07, 6.45) is 2.00. The Morgan fingerprint density at radius 2 is 1.64 bits per heavy atom. The van der Waals surface area contributed by atoms with Crippen molar-refractivity contribution in [2.24, 2.45) is 5.92 Å². The topological polar surface area (TPSA) is 88.1 Å². The number of amides is 2. The number of rotatable bonds is 6. The van der Waals surface area contributed by atoms with Crippen LogP contribution < -0.4 is 16.0 Å². The SMILES string of the molecule is CC(=O)C(c1ccc(NC(=O)Nc2cc(C(C)(C)C)nn2-c2ccc(C)cc2)cc1)C1CCNCC1. The predicted molar refractivity (Wildman–Crippen MR) is 145 cm³/mol. The Morgan fingerprint density at radius 3 is 2.22 bits per heavy atom. The van der Waals surface area contributed by atoms with Gasteiger partial charge in [0.25, 0.3) is 0 Å². The smallest absolute Gasteiger partial charge is 0.317 e. The zero-order valence-electron chi connectivity index (χ0n) is 21.9. The lowest BCUT2D eigenvalue weighted by Gasteiger charge is -2.29. The van der Waals surface area contributed by atoms with Gasteiger partial charge in [-0.1, -0.05) is 50.6 Å². The molecule has 4 rings (SSSR count). The first-order chi connectivity index (χ1) is 17.1. The second kappa shape index (κ2) is 10.7. The van der Waals surface area contributed by atoms with Gasteiger partial charge in [-0.2, -0.15) is 5.10 Å². The number of nitrogens with zero attached hydrogens (tertiary/aromatic N) is 2. The molecule has 3 aromatic rings. The molecule has 1 unspecified atom stereocenters. The molecule has 1 aliphatic heterocycles. The van der Waals surface area contributed by atoms with Gasteiger partial charge in [-0.25, -0.2) is 9.48 Å². The maximum atomic E-state index is 12.9. The molecule has 0 aliphatic carbocycles. The molecule has 1 saturated heterocycles. The van der Waals surface area contributed by atoms with Gasteiger partial charge in [-0.05, 0) is 75.5 Å². The van der Waals surface area contributed by atoms with Gasteiger partial charge in [0.05, 0.1) is 11.4 Å². The molecule has 0 saturated carbocycles. The second-order valence-corrected chi connectivity index (χ2v) is 10.8. The number of aryl methyl sites for hydroxylation is 1. The molecule has 2 aromatic carbocycles. The number of carbonyl (C=O) groups excluding carboxylic acids is 2. The lowest BCUT2D eigenvalue weighted by Crippen LogP contribution is -2.33. The van der Waals surface area contributed by atoms with Crippen molar-refractivity contribution in [1.82, 2.24) is 15.1 Å². The Kier molecular flexibility index (Phi) is 7.59. The number of benzene rings is 2. The molecule has 0 radical (unpaired) electrons. The third kappa shape index (κ3) is 6.02. The third-order valence-corrected chi connectivity index (χ3v) is 6.82. The fraction of sp³-hybridized carbons (Fsp3) is 0.414. The first kappa shape index (κ1) is 25.6. The maximum absolute atomic E-state index is 12.9. The second-order valence-electron chi connectivity index (χ2n) is 10.8. The molecular formula is C29H37N5O2. The van der Waals surface area contributed by atoms with Gasteiger partial charge in [0.15, 0.2) is 0 Å². The molecule has 0 bridgehead atoms. The first-order valence-corrected chi connectivity index (χ1v) is 12.7. The van der Waals surface area contributed by atoms with Gasteiger partial charge in [0, 0.05) is 23.1 Å². The third-order valence-electron chi connectivity index (χ3n) is 6.82. The molecule has 0 spiro atoms. The molecule has 1 atom stereocenters. The molecule has 7 nitrogen and oxygen atoms in total. The average Bonchev–Trinajstić information content (AvgIpc) is 3.25. The highest BCUT2D eigenvalue weighted by atomic mass is 16.2. The van der Waals surface area contributed by atoms with E-state index in [1.807, 2.05) is 61.5 Å². The zero-order valence-corrected chi connectivity index (χ0v) is 21.9. The van der Waals surface area contributed by atoms with E-state index >= 15 is 0 Å². The van der Waals surface area contributed by atoms with Crippen LogP contribution in [-0.4, -0.2) is 34.7 Å². The molecule has 36 heavy (non-hydrogen) atoms. The summed E-state index contributed by atoms with van der Waals surface area (Å²) in [4.78, 5) is 25.4. The van der Waals surface area contributed by atoms with Crippen LogP contribution in [0.5, 0.6) is 0 Å². The van der Waals surface area contributed by atoms with Gasteiger partial charge < -0.3 is 10.6 Å². The van der Waals surface area contributed by atoms with Gasteiger partial charge in [-0.15, -0.1) is 0 Å². The van der Waals surface area contributed by atoms with Crippen molar-refractivity contribution in [2.75, 3.05) is 23.7 Å². The van der Waals surface area contributed by atoms with Gasteiger partial charge in [0.1, 0.15) is 11.6 Å². The van der Waals surface area contributed by atoms with Crippen LogP contribution in [0.15, 0.2) is 54.6 Å². The van der Waals surface area contributed by atoms with E-state index in [1.54, 1.807) is 11.6 Å². The minimum absolute atomic E-state index is 0.102. The van der Waals surface area contributed by atoms with Crippen LogP contribution in [0.4, 0.5) is 16.3 Å². The van der Waals surface area contributed by atoms with Crippen molar-refractivity contribution in [3.63, 3.8) is 0 Å². The zero-order chi connectivity index (χ0) is 25.9. The highest BCUT2D eigenvalue weighted by molar-refractivity contribution is 5.99. The summed E-state index contributed by atoms with van der Waals surface area (Å²) in [5, 5.41) is 14.0. The van der Waals surface area contributed by atoms with E-state index in [0.29, 0.717) is 17.4 Å². The summed E-state index contributed by atoms with van der Waals surface area (Å²) in [5.74, 6) is 1.04. The van der Waals surface area contributed by atoms with Crippen LogP contribution in [0.25, 0.3) is 5.69 Å². The molecular weight excluding hydrogens is 450 g/mol. The van der Waals surface area contributed by atoms with Crippen LogP contribution in [-0.2, 0) is 10.2 Å². The fourth-order valence-electron chi connectivity index (χ4n) is 4.79. The minimum atomic E-state index is -0.349. The number of anilines is 2. The number of piperidine rings is 1. The number of Topliss-reactive ketones (excluding diaryl/α,β-unsaturated/α-hetero) is 1. The monoisotopic (exact) mass is 487 g/mol. The van der Waals surface area contributed by atoms with Crippen LogP contribution in [0.1, 0.15) is 63.3 Å². The highest BCUT2D eigenvalue weighted by Crippen LogP contribution is 2.32. The molecule has 2 amide bonds. The van der Waals surface area contributed by atoms with E-state index in [4.69, 9.17) is 5.10 Å². The van der Waals surface area contributed by atoms with Crippen LogP contribution >= 0.6 is 0 Å². The Hall–Kier alpha value is -3.45. The van der Waals surface area contributed by atoms with Crippen molar-refractivity contribution in [3.8, 4) is 5.69 Å². The minimum Gasteiger partial charge on any atom is -0.317 e. The van der Waals surface area contributed by atoms with Crippen LogP contribution in [0, 0.1) is 12.8 Å². The lowest BCUT2D eigenvalue weighted by molar-refractivity contribution is -0.119. The molecule has 3 N–H and O–H groups in total. The average molecular weight is 488 g/mol. The highest BCUT2D eigenvalue weighted by Gasteiger charge is 2.28. The normalized spacial score (nSPS) is 15.4. The lowest BCUT2D eigenvalue weighted by atomic mass is 9.78. The number of nitrogens with one attached hydrogen (secondary N) is 3. The van der Waals surface area contributed by atoms with Crippen molar-refractivity contribution in [2.45, 2.75) is 58.8 Å². The number of urea groups is 1. The quantitative estimate of drug-likeness (QED) is 0.410. The number of aromatic nitrogens is 2. The van der Waals surface area contributed by atoms with Crippen molar-refractivity contribution in [3.05, 3.63) is 71.4 Å². The van der Waals surface area contributed by atoms with E-state index in [0.717, 1.165) is 48.4 Å². The standard InChI is InChI=1S/C29H37N5O2/c1-19-6-12-24(13-7-19)34-26(18-25(33-34)29(3,4)5)32-28(36)31-23-10-8-21(9-11-23)27(20(2)35)22-14-16-30-17-15-22/h6-13,18,22,27,30H,14-17H2,1-5H3,(H2,31,32,36). The maximum Gasteiger partial charge on any atom is 0.324 e. The molecule has 1 aliphatic rings. The molecule has 2 heterocycles. The summed E-state index contributed by atoms with van der Waals surface area (Å²) in [7, 11) is 0. The van der Waals surface area contributed by atoms with Crippen LogP contribution in [0.3, 0.4) is 0 Å². The Labute approximate surface area is 213 Å². The van der Waals surface area contributed by atoms with Crippen LogP contribution in [0.2, 0.25) is 0 Å². The Balaban J connectivity index is 1.50. The number of ketones is 1.